The number of hydrogen-bond acceptors (Lipinski definition) is 4. The third-order valence-electron chi connectivity index (χ3n) is 5.83. The predicted molar refractivity (Wildman–Crippen MR) is 91.0 cm³/mol. The minimum atomic E-state index is -0.0306. The molecular weight excluding hydrogens is 308 g/mol. The molecule has 0 aromatic carbocycles. The van der Waals surface area contributed by atoms with E-state index in [2.05, 4.69) is 10.6 Å². The zero-order chi connectivity index (χ0) is 16.7. The van der Waals surface area contributed by atoms with Gasteiger partial charge in [0.1, 0.15) is 0 Å². The van der Waals surface area contributed by atoms with Crippen molar-refractivity contribution in [1.29, 1.82) is 0 Å². The van der Waals surface area contributed by atoms with E-state index in [1.165, 1.54) is 12.8 Å². The van der Waals surface area contributed by atoms with Gasteiger partial charge in [-0.2, -0.15) is 0 Å². The summed E-state index contributed by atoms with van der Waals surface area (Å²) in [6, 6.07) is 0.275. The van der Waals surface area contributed by atoms with E-state index in [-0.39, 0.29) is 11.4 Å². The van der Waals surface area contributed by atoms with Crippen molar-refractivity contribution >= 4 is 6.03 Å². The fourth-order valence-corrected chi connectivity index (χ4v) is 4.29. The van der Waals surface area contributed by atoms with Crippen LogP contribution in [0.3, 0.4) is 0 Å². The van der Waals surface area contributed by atoms with E-state index < -0.39 is 0 Å². The summed E-state index contributed by atoms with van der Waals surface area (Å²) in [5.74, 6) is 0.555. The van der Waals surface area contributed by atoms with Crippen molar-refractivity contribution in [2.75, 3.05) is 46.2 Å². The fraction of sp³-hybridized carbons (Fsp3) is 0.944. The van der Waals surface area contributed by atoms with E-state index in [0.29, 0.717) is 25.1 Å². The van der Waals surface area contributed by atoms with Crippen molar-refractivity contribution in [2.24, 2.45) is 11.3 Å². The SMILES string of the molecule is O=C(NCCCOC[C@@H]1CCOC1)N[C@H]1CCCC12CCOCC2. The van der Waals surface area contributed by atoms with Gasteiger partial charge in [-0.3, -0.25) is 0 Å². The molecule has 0 aromatic rings. The first kappa shape index (κ1) is 18.0. The Morgan fingerprint density at radius 3 is 2.79 bits per heavy atom. The Bertz CT molecular complexity index is 392. The van der Waals surface area contributed by atoms with Crippen molar-refractivity contribution in [3.05, 3.63) is 0 Å². The highest BCUT2D eigenvalue weighted by molar-refractivity contribution is 5.74. The molecule has 24 heavy (non-hydrogen) atoms. The van der Waals surface area contributed by atoms with E-state index >= 15 is 0 Å². The molecular formula is C18H32N2O4. The van der Waals surface area contributed by atoms with Crippen LogP contribution < -0.4 is 10.6 Å². The Balaban J connectivity index is 1.27. The highest BCUT2D eigenvalue weighted by atomic mass is 16.5. The van der Waals surface area contributed by atoms with Gasteiger partial charge in [0.2, 0.25) is 0 Å². The largest absolute Gasteiger partial charge is 0.381 e. The van der Waals surface area contributed by atoms with E-state index in [9.17, 15) is 4.79 Å². The second kappa shape index (κ2) is 9.02. The Morgan fingerprint density at radius 1 is 1.12 bits per heavy atom. The van der Waals surface area contributed by atoms with Gasteiger partial charge in [-0.05, 0) is 43.9 Å². The molecule has 6 nitrogen and oxygen atoms in total. The summed E-state index contributed by atoms with van der Waals surface area (Å²) in [4.78, 5) is 12.2. The van der Waals surface area contributed by atoms with Gasteiger partial charge in [0.05, 0.1) is 13.2 Å². The average molecular weight is 340 g/mol. The first-order valence-electron chi connectivity index (χ1n) is 9.56. The minimum absolute atomic E-state index is 0.0306. The summed E-state index contributed by atoms with van der Waals surface area (Å²) >= 11 is 0. The maximum Gasteiger partial charge on any atom is 0.315 e. The van der Waals surface area contributed by atoms with Crippen LogP contribution in [-0.4, -0.2) is 58.3 Å². The van der Waals surface area contributed by atoms with E-state index in [1.54, 1.807) is 0 Å². The number of hydrogen-bond donors (Lipinski definition) is 2. The molecule has 3 rings (SSSR count). The molecule has 1 saturated carbocycles. The van der Waals surface area contributed by atoms with Gasteiger partial charge in [-0.1, -0.05) is 6.42 Å². The first-order chi connectivity index (χ1) is 11.8. The van der Waals surface area contributed by atoms with E-state index in [1.807, 2.05) is 0 Å². The molecule has 138 valence electrons. The summed E-state index contributed by atoms with van der Waals surface area (Å²) in [6.07, 6.45) is 7.65. The minimum Gasteiger partial charge on any atom is -0.381 e. The summed E-state index contributed by atoms with van der Waals surface area (Å²) in [7, 11) is 0. The molecule has 3 aliphatic rings. The molecule has 2 N–H and O–H groups in total. The van der Waals surface area contributed by atoms with Crippen LogP contribution in [0.2, 0.25) is 0 Å². The van der Waals surface area contributed by atoms with E-state index in [4.69, 9.17) is 14.2 Å². The number of ether oxygens (including phenoxy) is 3. The van der Waals surface area contributed by atoms with Gasteiger partial charge in [-0.15, -0.1) is 0 Å². The first-order valence-corrected chi connectivity index (χ1v) is 9.56. The lowest BCUT2D eigenvalue weighted by Gasteiger charge is -2.39. The molecule has 3 fully saturated rings. The standard InChI is InChI=1S/C18H32N2O4/c21-17(19-8-2-9-23-13-15-4-10-24-14-15)20-16-3-1-5-18(16)6-11-22-12-7-18/h15-16H,1-14H2,(H2,19,20,21)/t15-,16-/m0/s1. The number of rotatable bonds is 7. The van der Waals surface area contributed by atoms with Gasteiger partial charge in [-0.25, -0.2) is 4.79 Å². The smallest absolute Gasteiger partial charge is 0.315 e. The number of carbonyl (C=O) groups excluding carboxylic acids is 1. The molecule has 0 bridgehead atoms. The third kappa shape index (κ3) is 4.83. The van der Waals surface area contributed by atoms with Crippen LogP contribution in [0, 0.1) is 11.3 Å². The van der Waals surface area contributed by atoms with Crippen LogP contribution in [0.4, 0.5) is 4.79 Å². The molecule has 2 atom stereocenters. The lowest BCUT2D eigenvalue weighted by Crippen LogP contribution is -2.50. The topological polar surface area (TPSA) is 68.8 Å². The van der Waals surface area contributed by atoms with Crippen molar-refractivity contribution in [3.63, 3.8) is 0 Å². The van der Waals surface area contributed by atoms with Gasteiger partial charge < -0.3 is 24.8 Å². The van der Waals surface area contributed by atoms with Crippen molar-refractivity contribution < 1.29 is 19.0 Å². The molecule has 0 radical (unpaired) electrons. The van der Waals surface area contributed by atoms with Crippen molar-refractivity contribution in [3.8, 4) is 0 Å². The monoisotopic (exact) mass is 340 g/mol. The van der Waals surface area contributed by atoms with Crippen LogP contribution in [0.25, 0.3) is 0 Å². The number of amides is 2. The molecule has 2 aliphatic heterocycles. The molecule has 0 unspecified atom stereocenters. The number of carbonyl (C=O) groups is 1. The normalized spacial score (nSPS) is 29.0. The lowest BCUT2D eigenvalue weighted by molar-refractivity contribution is 0.00623. The van der Waals surface area contributed by atoms with Gasteiger partial charge >= 0.3 is 6.03 Å². The van der Waals surface area contributed by atoms with Crippen molar-refractivity contribution in [2.45, 2.75) is 51.0 Å². The lowest BCUT2D eigenvalue weighted by atomic mass is 9.75. The quantitative estimate of drug-likeness (QED) is 0.696. The molecule has 2 saturated heterocycles. The summed E-state index contributed by atoms with van der Waals surface area (Å²) in [6.45, 7) is 5.50. The van der Waals surface area contributed by atoms with Crippen molar-refractivity contribution in [1.82, 2.24) is 10.6 Å². The summed E-state index contributed by atoms with van der Waals surface area (Å²) in [5, 5.41) is 6.19. The second-order valence-corrected chi connectivity index (χ2v) is 7.48. The molecule has 0 aromatic heterocycles. The Morgan fingerprint density at radius 2 is 2.00 bits per heavy atom. The molecule has 1 aliphatic carbocycles. The maximum atomic E-state index is 12.2. The summed E-state index contributed by atoms with van der Waals surface area (Å²) < 4.78 is 16.5. The van der Waals surface area contributed by atoms with Crippen LogP contribution in [0.5, 0.6) is 0 Å². The zero-order valence-corrected chi connectivity index (χ0v) is 14.7. The predicted octanol–water partition coefficient (Wildman–Crippen LogP) is 2.08. The van der Waals surface area contributed by atoms with Gasteiger partial charge in [0.25, 0.3) is 0 Å². The molecule has 6 heteroatoms. The number of nitrogens with one attached hydrogen (secondary N) is 2. The Kier molecular flexibility index (Phi) is 6.75. The Hall–Kier alpha value is -0.850. The molecule has 2 amide bonds. The van der Waals surface area contributed by atoms with Crippen LogP contribution in [-0.2, 0) is 14.2 Å². The maximum absolute atomic E-state index is 12.2. The van der Waals surface area contributed by atoms with Gasteiger partial charge in [0.15, 0.2) is 0 Å². The van der Waals surface area contributed by atoms with E-state index in [0.717, 1.165) is 65.1 Å². The Labute approximate surface area is 145 Å². The van der Waals surface area contributed by atoms with Gasteiger partial charge in [0, 0.05) is 44.9 Å². The fourth-order valence-electron chi connectivity index (χ4n) is 4.29. The van der Waals surface area contributed by atoms with Crippen LogP contribution in [0.1, 0.15) is 44.9 Å². The zero-order valence-electron chi connectivity index (χ0n) is 14.7. The average Bonchev–Trinajstić information content (AvgIpc) is 3.23. The highest BCUT2D eigenvalue weighted by Gasteiger charge is 2.44. The summed E-state index contributed by atoms with van der Waals surface area (Å²) in [5.41, 5.74) is 0.280. The molecule has 2 heterocycles. The van der Waals surface area contributed by atoms with Crippen LogP contribution >= 0.6 is 0 Å². The third-order valence-corrected chi connectivity index (χ3v) is 5.83. The number of urea groups is 1. The highest BCUT2D eigenvalue weighted by Crippen LogP contribution is 2.45. The second-order valence-electron chi connectivity index (χ2n) is 7.48. The molecule has 1 spiro atoms. The van der Waals surface area contributed by atoms with Crippen LogP contribution in [0.15, 0.2) is 0 Å².